The van der Waals surface area contributed by atoms with Gasteiger partial charge in [0.2, 0.25) is 0 Å². The van der Waals surface area contributed by atoms with Crippen molar-refractivity contribution in [1.29, 1.82) is 5.26 Å². The van der Waals surface area contributed by atoms with Crippen molar-refractivity contribution in [3.63, 3.8) is 0 Å². The number of nitrogens with zero attached hydrogens (tertiary/aromatic N) is 2. The second-order valence-corrected chi connectivity index (χ2v) is 4.09. The molecule has 92 valence electrons. The zero-order valence-electron chi connectivity index (χ0n) is 10.7. The maximum Gasteiger partial charge on any atom is 0.0640 e. The summed E-state index contributed by atoms with van der Waals surface area (Å²) in [7, 11) is 0. The Balaban J connectivity index is 2.74. The zero-order chi connectivity index (χ0) is 12.7. The van der Waals surface area contributed by atoms with Crippen LogP contribution in [0.5, 0.6) is 0 Å². The van der Waals surface area contributed by atoms with Crippen LogP contribution in [0.15, 0.2) is 24.3 Å². The first-order chi connectivity index (χ1) is 8.22. The quantitative estimate of drug-likeness (QED) is 0.819. The van der Waals surface area contributed by atoms with Crippen molar-refractivity contribution in [2.75, 3.05) is 18.0 Å². The molecule has 2 N–H and O–H groups in total. The highest BCUT2D eigenvalue weighted by molar-refractivity contribution is 5.48. The van der Waals surface area contributed by atoms with E-state index in [1.165, 1.54) is 5.56 Å². The number of anilines is 1. The van der Waals surface area contributed by atoms with Crippen LogP contribution in [0.4, 0.5) is 5.69 Å². The van der Waals surface area contributed by atoms with Crippen molar-refractivity contribution in [2.24, 2.45) is 5.73 Å². The third-order valence-corrected chi connectivity index (χ3v) is 3.00. The van der Waals surface area contributed by atoms with Gasteiger partial charge in [-0.2, -0.15) is 5.26 Å². The lowest BCUT2D eigenvalue weighted by molar-refractivity contribution is 0.698. The summed E-state index contributed by atoms with van der Waals surface area (Å²) < 4.78 is 0. The van der Waals surface area contributed by atoms with Gasteiger partial charge in [-0.1, -0.05) is 19.1 Å². The fraction of sp³-hybridized carbons (Fsp3) is 0.500. The van der Waals surface area contributed by atoms with Crippen LogP contribution in [0, 0.1) is 11.3 Å². The Hall–Kier alpha value is -1.53. The van der Waals surface area contributed by atoms with E-state index in [0.29, 0.717) is 6.42 Å². The molecule has 0 amide bonds. The van der Waals surface area contributed by atoms with E-state index in [9.17, 15) is 0 Å². The van der Waals surface area contributed by atoms with E-state index in [1.54, 1.807) is 0 Å². The molecule has 1 aromatic carbocycles. The lowest BCUT2D eigenvalue weighted by Crippen LogP contribution is -2.23. The summed E-state index contributed by atoms with van der Waals surface area (Å²) in [5.41, 5.74) is 8.31. The van der Waals surface area contributed by atoms with Gasteiger partial charge in [-0.25, -0.2) is 0 Å². The Morgan fingerprint density at radius 1 is 1.29 bits per heavy atom. The molecule has 1 aromatic rings. The van der Waals surface area contributed by atoms with E-state index in [0.717, 1.165) is 25.2 Å². The Labute approximate surface area is 104 Å². The third-order valence-electron chi connectivity index (χ3n) is 3.00. The maximum absolute atomic E-state index is 8.61. The highest BCUT2D eigenvalue weighted by Crippen LogP contribution is 2.19. The molecule has 0 saturated carbocycles. The Kier molecular flexibility index (Phi) is 5.51. The van der Waals surface area contributed by atoms with E-state index in [4.69, 9.17) is 11.0 Å². The van der Waals surface area contributed by atoms with Crippen molar-refractivity contribution >= 4 is 5.69 Å². The number of hydrogen-bond acceptors (Lipinski definition) is 3. The monoisotopic (exact) mass is 231 g/mol. The molecular formula is C14H21N3. The Bertz CT molecular complexity index is 364. The van der Waals surface area contributed by atoms with E-state index >= 15 is 0 Å². The standard InChI is InChI=1S/C14H21N3/c1-3-14(16)12-6-8-13(9-7-12)17(4-2)11-5-10-15/h6-9,14H,3-5,11,16H2,1-2H3/t14-/m1/s1. The first-order valence-electron chi connectivity index (χ1n) is 6.20. The summed E-state index contributed by atoms with van der Waals surface area (Å²) in [5.74, 6) is 0. The highest BCUT2D eigenvalue weighted by Gasteiger charge is 2.06. The van der Waals surface area contributed by atoms with Gasteiger partial charge in [0.15, 0.2) is 0 Å². The first-order valence-corrected chi connectivity index (χ1v) is 6.20. The number of benzene rings is 1. The third kappa shape index (κ3) is 3.76. The van der Waals surface area contributed by atoms with Crippen LogP contribution < -0.4 is 10.6 Å². The topological polar surface area (TPSA) is 53.0 Å². The maximum atomic E-state index is 8.61. The molecule has 0 aromatic heterocycles. The van der Waals surface area contributed by atoms with Crippen molar-refractivity contribution in [2.45, 2.75) is 32.7 Å². The van der Waals surface area contributed by atoms with Crippen LogP contribution in [0.1, 0.15) is 38.3 Å². The molecular weight excluding hydrogens is 210 g/mol. The van der Waals surface area contributed by atoms with Crippen LogP contribution >= 0.6 is 0 Å². The molecule has 0 fully saturated rings. The van der Waals surface area contributed by atoms with Crippen LogP contribution in [0.3, 0.4) is 0 Å². The van der Waals surface area contributed by atoms with E-state index in [2.05, 4.69) is 49.1 Å². The zero-order valence-corrected chi connectivity index (χ0v) is 10.7. The fourth-order valence-electron chi connectivity index (χ4n) is 1.82. The molecule has 3 nitrogen and oxygen atoms in total. The number of nitriles is 1. The first kappa shape index (κ1) is 13.5. The molecule has 0 spiro atoms. The van der Waals surface area contributed by atoms with Crippen molar-refractivity contribution in [3.8, 4) is 6.07 Å². The van der Waals surface area contributed by atoms with Gasteiger partial charge < -0.3 is 10.6 Å². The predicted molar refractivity (Wildman–Crippen MR) is 71.8 cm³/mol. The molecule has 0 aliphatic carbocycles. The normalized spacial score (nSPS) is 11.9. The highest BCUT2D eigenvalue weighted by atomic mass is 15.1. The second-order valence-electron chi connectivity index (χ2n) is 4.09. The van der Waals surface area contributed by atoms with Crippen molar-refractivity contribution < 1.29 is 0 Å². The van der Waals surface area contributed by atoms with E-state index in [-0.39, 0.29) is 6.04 Å². The molecule has 0 aliphatic heterocycles. The smallest absolute Gasteiger partial charge is 0.0640 e. The minimum Gasteiger partial charge on any atom is -0.371 e. The van der Waals surface area contributed by atoms with Gasteiger partial charge >= 0.3 is 0 Å². The largest absolute Gasteiger partial charge is 0.371 e. The minimum atomic E-state index is 0.123. The molecule has 1 atom stereocenters. The van der Waals surface area contributed by atoms with Gasteiger partial charge in [-0.3, -0.25) is 0 Å². The predicted octanol–water partition coefficient (Wildman–Crippen LogP) is 2.84. The fourth-order valence-corrected chi connectivity index (χ4v) is 1.82. The van der Waals surface area contributed by atoms with Gasteiger partial charge in [0, 0.05) is 24.8 Å². The summed E-state index contributed by atoms with van der Waals surface area (Å²) in [4.78, 5) is 2.20. The molecule has 0 heterocycles. The lowest BCUT2D eigenvalue weighted by atomic mass is 10.1. The molecule has 0 saturated heterocycles. The molecule has 3 heteroatoms. The molecule has 0 bridgehead atoms. The van der Waals surface area contributed by atoms with E-state index in [1.807, 2.05) is 0 Å². The molecule has 0 radical (unpaired) electrons. The number of nitrogens with two attached hydrogens (primary N) is 1. The van der Waals surface area contributed by atoms with Gasteiger partial charge in [0.1, 0.15) is 0 Å². The van der Waals surface area contributed by atoms with Crippen LogP contribution in [-0.2, 0) is 0 Å². The summed E-state index contributed by atoms with van der Waals surface area (Å²) in [6.07, 6.45) is 1.51. The van der Waals surface area contributed by atoms with Gasteiger partial charge in [0.05, 0.1) is 12.5 Å². The minimum absolute atomic E-state index is 0.123. The Morgan fingerprint density at radius 3 is 2.41 bits per heavy atom. The number of rotatable bonds is 6. The summed E-state index contributed by atoms with van der Waals surface area (Å²) in [6, 6.07) is 10.6. The molecule has 17 heavy (non-hydrogen) atoms. The summed E-state index contributed by atoms with van der Waals surface area (Å²) in [6.45, 7) is 5.89. The van der Waals surface area contributed by atoms with Gasteiger partial charge in [-0.05, 0) is 31.0 Å². The van der Waals surface area contributed by atoms with Gasteiger partial charge in [0.25, 0.3) is 0 Å². The Morgan fingerprint density at radius 2 is 1.94 bits per heavy atom. The number of hydrogen-bond donors (Lipinski definition) is 1. The van der Waals surface area contributed by atoms with E-state index < -0.39 is 0 Å². The average Bonchev–Trinajstić information content (AvgIpc) is 2.39. The van der Waals surface area contributed by atoms with Crippen molar-refractivity contribution in [3.05, 3.63) is 29.8 Å². The molecule has 0 aliphatic rings. The molecule has 1 rings (SSSR count). The van der Waals surface area contributed by atoms with Gasteiger partial charge in [-0.15, -0.1) is 0 Å². The lowest BCUT2D eigenvalue weighted by Gasteiger charge is -2.22. The van der Waals surface area contributed by atoms with Crippen LogP contribution in [0.2, 0.25) is 0 Å². The van der Waals surface area contributed by atoms with Crippen LogP contribution in [-0.4, -0.2) is 13.1 Å². The van der Waals surface area contributed by atoms with Crippen molar-refractivity contribution in [1.82, 2.24) is 0 Å². The SMILES string of the molecule is CC[C@@H](N)c1ccc(N(CC)CCC#N)cc1. The van der Waals surface area contributed by atoms with Crippen LogP contribution in [0.25, 0.3) is 0 Å². The summed E-state index contributed by atoms with van der Waals surface area (Å²) >= 11 is 0. The molecule has 0 unspecified atom stereocenters. The average molecular weight is 231 g/mol. The summed E-state index contributed by atoms with van der Waals surface area (Å²) in [5, 5.41) is 8.61. The second kappa shape index (κ2) is 6.93.